The second-order valence-corrected chi connectivity index (χ2v) is 7.29. The maximum Gasteiger partial charge on any atom is 0.244 e. The number of sulfonamides is 1. The lowest BCUT2D eigenvalue weighted by atomic mass is 10.2. The van der Waals surface area contributed by atoms with Crippen LogP contribution in [0.4, 0.5) is 0 Å². The van der Waals surface area contributed by atoms with Crippen molar-refractivity contribution >= 4 is 21.6 Å². The summed E-state index contributed by atoms with van der Waals surface area (Å²) in [5.41, 5.74) is 1.83. The molecular formula is C17H16ClNO2S. The molecule has 0 aromatic heterocycles. The fourth-order valence-electron chi connectivity index (χ4n) is 1.98. The Hall–Kier alpha value is -1.80. The van der Waals surface area contributed by atoms with Gasteiger partial charge in [0.05, 0.1) is 11.4 Å². The SMILES string of the molecule is C#CCN(Cc1ccc(Cl)cc1)S(=O)(=O)c1ccc(C)cc1. The van der Waals surface area contributed by atoms with Crippen molar-refractivity contribution in [3.05, 3.63) is 64.7 Å². The molecule has 0 radical (unpaired) electrons. The Morgan fingerprint density at radius 2 is 1.68 bits per heavy atom. The van der Waals surface area contributed by atoms with E-state index in [2.05, 4.69) is 5.92 Å². The highest BCUT2D eigenvalue weighted by molar-refractivity contribution is 7.89. The van der Waals surface area contributed by atoms with Gasteiger partial charge in [-0.15, -0.1) is 6.42 Å². The largest absolute Gasteiger partial charge is 0.244 e. The fourth-order valence-corrected chi connectivity index (χ4v) is 3.45. The van der Waals surface area contributed by atoms with Gasteiger partial charge in [0.2, 0.25) is 10.0 Å². The number of hydrogen-bond donors (Lipinski definition) is 0. The molecule has 22 heavy (non-hydrogen) atoms. The zero-order valence-corrected chi connectivity index (χ0v) is 13.7. The molecule has 0 aliphatic rings. The molecule has 5 heteroatoms. The van der Waals surface area contributed by atoms with Crippen molar-refractivity contribution in [1.82, 2.24) is 4.31 Å². The van der Waals surface area contributed by atoms with Gasteiger partial charge in [0.15, 0.2) is 0 Å². The van der Waals surface area contributed by atoms with E-state index in [4.69, 9.17) is 18.0 Å². The normalized spacial score (nSPS) is 11.4. The molecule has 0 aliphatic heterocycles. The zero-order valence-electron chi connectivity index (χ0n) is 12.2. The predicted molar refractivity (Wildman–Crippen MR) is 89.1 cm³/mol. The second-order valence-electron chi connectivity index (χ2n) is 4.92. The summed E-state index contributed by atoms with van der Waals surface area (Å²) in [6, 6.07) is 13.7. The van der Waals surface area contributed by atoms with E-state index in [9.17, 15) is 8.42 Å². The van der Waals surface area contributed by atoms with E-state index in [1.54, 1.807) is 48.5 Å². The van der Waals surface area contributed by atoms with E-state index in [0.717, 1.165) is 11.1 Å². The molecule has 114 valence electrons. The van der Waals surface area contributed by atoms with Crippen molar-refractivity contribution in [3.63, 3.8) is 0 Å². The summed E-state index contributed by atoms with van der Waals surface area (Å²) in [6.45, 7) is 2.12. The van der Waals surface area contributed by atoms with Crippen LogP contribution in [0.5, 0.6) is 0 Å². The third kappa shape index (κ3) is 3.89. The summed E-state index contributed by atoms with van der Waals surface area (Å²) in [4.78, 5) is 0.238. The molecule has 0 amide bonds. The van der Waals surface area contributed by atoms with Crippen LogP contribution in [-0.2, 0) is 16.6 Å². The summed E-state index contributed by atoms with van der Waals surface area (Å²) in [5.74, 6) is 2.41. The minimum atomic E-state index is -3.63. The molecule has 0 spiro atoms. The highest BCUT2D eigenvalue weighted by atomic mass is 35.5. The molecule has 2 aromatic carbocycles. The first kappa shape index (κ1) is 16.6. The number of hydrogen-bond acceptors (Lipinski definition) is 2. The number of halogens is 1. The highest BCUT2D eigenvalue weighted by Crippen LogP contribution is 2.19. The van der Waals surface area contributed by atoms with Crippen LogP contribution >= 0.6 is 11.6 Å². The molecule has 2 aromatic rings. The van der Waals surface area contributed by atoms with E-state index in [-0.39, 0.29) is 18.0 Å². The van der Waals surface area contributed by atoms with Crippen LogP contribution in [-0.4, -0.2) is 19.3 Å². The van der Waals surface area contributed by atoms with Crippen LogP contribution in [0.15, 0.2) is 53.4 Å². The van der Waals surface area contributed by atoms with Crippen molar-refractivity contribution in [2.24, 2.45) is 0 Å². The van der Waals surface area contributed by atoms with Crippen LogP contribution in [0, 0.1) is 19.3 Å². The van der Waals surface area contributed by atoms with Gasteiger partial charge in [-0.2, -0.15) is 4.31 Å². The van der Waals surface area contributed by atoms with E-state index in [0.29, 0.717) is 5.02 Å². The van der Waals surface area contributed by atoms with Gasteiger partial charge < -0.3 is 0 Å². The maximum atomic E-state index is 12.7. The Morgan fingerprint density at radius 1 is 1.09 bits per heavy atom. The summed E-state index contributed by atoms with van der Waals surface area (Å²) < 4.78 is 26.7. The first-order valence-electron chi connectivity index (χ1n) is 6.68. The first-order chi connectivity index (χ1) is 10.4. The molecule has 0 bridgehead atoms. The van der Waals surface area contributed by atoms with Gasteiger partial charge in [-0.1, -0.05) is 47.4 Å². The third-order valence-electron chi connectivity index (χ3n) is 3.20. The minimum Gasteiger partial charge on any atom is -0.207 e. The van der Waals surface area contributed by atoms with Crippen LogP contribution in [0.2, 0.25) is 5.02 Å². The van der Waals surface area contributed by atoms with Gasteiger partial charge in [-0.25, -0.2) is 8.42 Å². The van der Waals surface area contributed by atoms with Gasteiger partial charge in [0.25, 0.3) is 0 Å². The van der Waals surface area contributed by atoms with Gasteiger partial charge in [-0.05, 0) is 36.8 Å². The van der Waals surface area contributed by atoms with Gasteiger partial charge in [-0.3, -0.25) is 0 Å². The summed E-state index contributed by atoms with van der Waals surface area (Å²) in [6.07, 6.45) is 5.33. The molecule has 0 fully saturated rings. The predicted octanol–water partition coefficient (Wildman–Crippen LogP) is 3.47. The third-order valence-corrected chi connectivity index (χ3v) is 5.26. The van der Waals surface area contributed by atoms with Crippen molar-refractivity contribution in [2.75, 3.05) is 6.54 Å². The Balaban J connectivity index is 2.32. The van der Waals surface area contributed by atoms with Crippen molar-refractivity contribution in [3.8, 4) is 12.3 Å². The fraction of sp³-hybridized carbons (Fsp3) is 0.176. The van der Waals surface area contributed by atoms with Crippen LogP contribution < -0.4 is 0 Å². The monoisotopic (exact) mass is 333 g/mol. The maximum absolute atomic E-state index is 12.7. The molecule has 0 atom stereocenters. The topological polar surface area (TPSA) is 37.4 Å². The average Bonchev–Trinajstić information content (AvgIpc) is 2.49. The molecule has 0 saturated heterocycles. The number of benzene rings is 2. The number of terminal acetylenes is 1. The first-order valence-corrected chi connectivity index (χ1v) is 8.50. The lowest BCUT2D eigenvalue weighted by Crippen LogP contribution is -2.31. The quantitative estimate of drug-likeness (QED) is 0.786. The molecule has 3 nitrogen and oxygen atoms in total. The highest BCUT2D eigenvalue weighted by Gasteiger charge is 2.23. The van der Waals surface area contributed by atoms with Gasteiger partial charge in [0, 0.05) is 11.6 Å². The van der Waals surface area contributed by atoms with Crippen molar-refractivity contribution < 1.29 is 8.42 Å². The Morgan fingerprint density at radius 3 is 2.23 bits per heavy atom. The Labute approximate surface area is 136 Å². The van der Waals surface area contributed by atoms with Crippen LogP contribution in [0.25, 0.3) is 0 Å². The van der Waals surface area contributed by atoms with Gasteiger partial charge in [0.1, 0.15) is 0 Å². The smallest absolute Gasteiger partial charge is 0.207 e. The molecule has 0 heterocycles. The molecule has 0 aliphatic carbocycles. The lowest BCUT2D eigenvalue weighted by Gasteiger charge is -2.20. The zero-order chi connectivity index (χ0) is 16.2. The van der Waals surface area contributed by atoms with E-state index in [1.165, 1.54) is 4.31 Å². The number of rotatable bonds is 5. The Bertz CT molecular complexity index is 775. The van der Waals surface area contributed by atoms with E-state index < -0.39 is 10.0 Å². The summed E-state index contributed by atoms with van der Waals surface area (Å²) in [7, 11) is -3.63. The molecular weight excluding hydrogens is 318 g/mol. The van der Waals surface area contributed by atoms with Crippen LogP contribution in [0.3, 0.4) is 0 Å². The average molecular weight is 334 g/mol. The van der Waals surface area contributed by atoms with E-state index in [1.807, 2.05) is 6.92 Å². The second kappa shape index (κ2) is 6.97. The number of nitrogens with zero attached hydrogens (tertiary/aromatic N) is 1. The lowest BCUT2D eigenvalue weighted by molar-refractivity contribution is 0.443. The van der Waals surface area contributed by atoms with E-state index >= 15 is 0 Å². The standard InChI is InChI=1S/C17H16ClNO2S/c1-3-12-19(13-15-6-8-16(18)9-7-15)22(20,21)17-10-4-14(2)5-11-17/h1,4-11H,12-13H2,2H3. The molecule has 0 saturated carbocycles. The van der Waals surface area contributed by atoms with Crippen LogP contribution in [0.1, 0.15) is 11.1 Å². The van der Waals surface area contributed by atoms with Crippen molar-refractivity contribution in [1.29, 1.82) is 0 Å². The molecule has 0 N–H and O–H groups in total. The van der Waals surface area contributed by atoms with Crippen molar-refractivity contribution in [2.45, 2.75) is 18.4 Å². The number of aryl methyl sites for hydroxylation is 1. The summed E-state index contributed by atoms with van der Waals surface area (Å²) in [5, 5.41) is 0.605. The summed E-state index contributed by atoms with van der Waals surface area (Å²) >= 11 is 5.85. The minimum absolute atomic E-state index is 0.0127. The van der Waals surface area contributed by atoms with Gasteiger partial charge >= 0.3 is 0 Å². The Kier molecular flexibility index (Phi) is 5.25. The molecule has 2 rings (SSSR count). The molecule has 0 unspecified atom stereocenters.